The Morgan fingerprint density at radius 3 is 2.16 bits per heavy atom. The summed E-state index contributed by atoms with van der Waals surface area (Å²) in [5.74, 6) is -2.51. The number of aliphatic carboxylic acids is 2. The Morgan fingerprint density at radius 1 is 1.06 bits per heavy atom. The Hall–Kier alpha value is -3.24. The molecule has 1 aromatic carbocycles. The number of fused-ring (bicyclic) bond motifs is 3. The maximum Gasteiger partial charge on any atom is 0.412 e. The zero-order valence-electron chi connectivity index (χ0n) is 17.6. The number of benzene rings is 1. The molecular weight excluding hydrogens is 434 g/mol. The van der Waals surface area contributed by atoms with Crippen LogP contribution in [0.4, 0.5) is 9.80 Å². The summed E-state index contributed by atoms with van der Waals surface area (Å²) in [6.07, 6.45) is 3.57. The van der Waals surface area contributed by atoms with Crippen molar-refractivity contribution in [2.75, 3.05) is 25.0 Å². The van der Waals surface area contributed by atoms with Gasteiger partial charge in [0, 0.05) is 56.6 Å². The maximum atomic E-state index is 12.5. The van der Waals surface area contributed by atoms with Gasteiger partial charge >= 0.3 is 18.0 Å². The largest absolute Gasteiger partial charge is 0.478 e. The number of anilines is 1. The van der Waals surface area contributed by atoms with E-state index in [9.17, 15) is 14.4 Å². The van der Waals surface area contributed by atoms with E-state index >= 15 is 0 Å². The summed E-state index contributed by atoms with van der Waals surface area (Å²) in [5, 5.41) is 20.2. The fourth-order valence-electron chi connectivity index (χ4n) is 3.71. The van der Waals surface area contributed by atoms with Crippen molar-refractivity contribution >= 4 is 34.4 Å². The lowest BCUT2D eigenvalue weighted by atomic mass is 9.83. The average molecular weight is 460 g/mol. The maximum absolute atomic E-state index is 12.5. The normalized spacial score (nSPS) is 21.5. The first kappa shape index (κ1) is 23.4. The predicted octanol–water partition coefficient (Wildman–Crippen LogP) is 3.62. The Bertz CT molecular complexity index is 967. The summed E-state index contributed by atoms with van der Waals surface area (Å²) in [7, 11) is 0. The van der Waals surface area contributed by atoms with Crippen LogP contribution in [0.5, 0.6) is 0 Å². The van der Waals surface area contributed by atoms with Gasteiger partial charge in [-0.25, -0.2) is 19.4 Å². The van der Waals surface area contributed by atoms with Crippen LogP contribution in [0.25, 0.3) is 11.3 Å². The molecule has 10 heteroatoms. The van der Waals surface area contributed by atoms with Crippen LogP contribution in [-0.2, 0) is 14.3 Å². The molecule has 170 valence electrons. The highest BCUT2D eigenvalue weighted by atomic mass is 32.1. The molecule has 3 saturated heterocycles. The fraction of sp³-hybridized carbons (Fsp3) is 0.364. The van der Waals surface area contributed by atoms with E-state index < -0.39 is 11.9 Å². The number of carboxylic acid groups (broad SMARTS) is 2. The molecule has 1 aromatic heterocycles. The van der Waals surface area contributed by atoms with E-state index in [0.717, 1.165) is 60.2 Å². The van der Waals surface area contributed by atoms with Crippen LogP contribution in [0, 0.1) is 6.92 Å². The van der Waals surface area contributed by atoms with Crippen molar-refractivity contribution in [2.45, 2.75) is 31.8 Å². The number of aryl methyl sites for hydroxylation is 1. The number of piperidine rings is 3. The highest BCUT2D eigenvalue weighted by Gasteiger charge is 2.42. The van der Waals surface area contributed by atoms with Crippen LogP contribution >= 0.6 is 11.3 Å². The fourth-order valence-corrected chi connectivity index (χ4v) is 4.54. The Morgan fingerprint density at radius 2 is 1.62 bits per heavy atom. The van der Waals surface area contributed by atoms with Gasteiger partial charge in [0.1, 0.15) is 16.3 Å². The molecular formula is C22H25N3O6S. The quantitative estimate of drug-likeness (QED) is 0.578. The van der Waals surface area contributed by atoms with E-state index in [1.165, 1.54) is 11.3 Å². The number of ether oxygens (including phenoxy) is 1. The van der Waals surface area contributed by atoms with Crippen molar-refractivity contribution in [3.8, 4) is 11.3 Å². The number of rotatable bonds is 5. The van der Waals surface area contributed by atoms with Gasteiger partial charge in [-0.3, -0.25) is 5.32 Å². The number of thiazole rings is 1. The smallest absolute Gasteiger partial charge is 0.412 e. The topological polar surface area (TPSA) is 129 Å². The molecule has 1 amide bonds. The molecule has 3 fully saturated rings. The Balaban J connectivity index is 0.000000312. The lowest BCUT2D eigenvalue weighted by molar-refractivity contribution is -0.134. The van der Waals surface area contributed by atoms with Crippen LogP contribution in [0.3, 0.4) is 0 Å². The zero-order valence-corrected chi connectivity index (χ0v) is 18.4. The number of nitrogens with zero attached hydrogens (tertiary/aromatic N) is 2. The second-order valence-corrected chi connectivity index (χ2v) is 8.78. The van der Waals surface area contributed by atoms with Crippen LogP contribution in [0.2, 0.25) is 0 Å². The van der Waals surface area contributed by atoms with Gasteiger partial charge in [0.05, 0.1) is 5.01 Å². The monoisotopic (exact) mass is 459 g/mol. The highest BCUT2D eigenvalue weighted by Crippen LogP contribution is 2.37. The van der Waals surface area contributed by atoms with Crippen LogP contribution < -0.4 is 5.32 Å². The standard InChI is InChI=1S/C18H21N3O2S.C4H4O4/c1-13-19-15(14-5-3-2-4-6-14)16(24-13)20-17(22)23-18-7-10-21(11-8-18)12-9-18;5-3(6)1-2-4(7)8/h2-6H,7-12H2,1H3,(H,20,22);1-2H,(H,5,6)(H,7,8)/b;2-1+. The first-order valence-corrected chi connectivity index (χ1v) is 11.0. The first-order valence-electron chi connectivity index (χ1n) is 10.2. The number of carboxylic acids is 2. The third-order valence-electron chi connectivity index (χ3n) is 5.33. The number of hydrogen-bond donors (Lipinski definition) is 3. The van der Waals surface area contributed by atoms with Crippen molar-refractivity contribution in [3.63, 3.8) is 0 Å². The molecule has 0 aliphatic carbocycles. The second kappa shape index (κ2) is 10.4. The molecule has 2 bridgehead atoms. The predicted molar refractivity (Wildman–Crippen MR) is 120 cm³/mol. The van der Waals surface area contributed by atoms with Gasteiger partial charge in [-0.15, -0.1) is 11.3 Å². The van der Waals surface area contributed by atoms with Crippen molar-refractivity contribution in [3.05, 3.63) is 47.5 Å². The van der Waals surface area contributed by atoms with Gasteiger partial charge < -0.3 is 19.8 Å². The molecule has 0 radical (unpaired) electrons. The lowest BCUT2D eigenvalue weighted by Crippen LogP contribution is -2.54. The van der Waals surface area contributed by atoms with Crippen molar-refractivity contribution in [1.82, 2.24) is 9.88 Å². The lowest BCUT2D eigenvalue weighted by Gasteiger charge is -2.47. The third-order valence-corrected chi connectivity index (χ3v) is 6.21. The van der Waals surface area contributed by atoms with Gasteiger partial charge in [0.25, 0.3) is 0 Å². The Labute approximate surface area is 189 Å². The van der Waals surface area contributed by atoms with Crippen LogP contribution in [-0.4, -0.2) is 63.4 Å². The van der Waals surface area contributed by atoms with Gasteiger partial charge in [-0.1, -0.05) is 30.3 Å². The first-order chi connectivity index (χ1) is 15.3. The molecule has 0 saturated carbocycles. The molecule has 32 heavy (non-hydrogen) atoms. The molecule has 9 nitrogen and oxygen atoms in total. The van der Waals surface area contributed by atoms with E-state index in [-0.39, 0.29) is 11.7 Å². The van der Waals surface area contributed by atoms with E-state index in [1.54, 1.807) is 0 Å². The molecule has 4 heterocycles. The van der Waals surface area contributed by atoms with E-state index in [0.29, 0.717) is 12.2 Å². The van der Waals surface area contributed by atoms with E-state index in [2.05, 4.69) is 15.2 Å². The average Bonchev–Trinajstić information content (AvgIpc) is 3.14. The summed E-state index contributed by atoms with van der Waals surface area (Å²) < 4.78 is 5.87. The van der Waals surface area contributed by atoms with Gasteiger partial charge in [0.2, 0.25) is 0 Å². The SMILES string of the molecule is Cc1nc(-c2ccccc2)c(NC(=O)OC23CCN(CC2)CC3)s1.O=C(O)/C=C/C(=O)O. The van der Waals surface area contributed by atoms with Crippen LogP contribution in [0.15, 0.2) is 42.5 Å². The number of hydrogen-bond acceptors (Lipinski definition) is 7. The highest BCUT2D eigenvalue weighted by molar-refractivity contribution is 7.16. The minimum atomic E-state index is -1.26. The molecule has 0 unspecified atom stereocenters. The van der Waals surface area contributed by atoms with E-state index in [4.69, 9.17) is 14.9 Å². The summed E-state index contributed by atoms with van der Waals surface area (Å²) in [6.45, 7) is 5.04. The summed E-state index contributed by atoms with van der Waals surface area (Å²) in [6, 6.07) is 9.92. The minimum absolute atomic E-state index is 0.272. The van der Waals surface area contributed by atoms with Crippen molar-refractivity contribution in [1.29, 1.82) is 0 Å². The number of carbonyl (C=O) groups excluding carboxylic acids is 1. The van der Waals surface area contributed by atoms with Crippen LogP contribution in [0.1, 0.15) is 24.3 Å². The molecule has 2 aromatic rings. The van der Waals surface area contributed by atoms with Gasteiger partial charge in [0.15, 0.2) is 0 Å². The number of amides is 1. The number of carbonyl (C=O) groups is 3. The van der Waals surface area contributed by atoms with Gasteiger partial charge in [-0.05, 0) is 6.92 Å². The minimum Gasteiger partial charge on any atom is -0.478 e. The summed E-state index contributed by atoms with van der Waals surface area (Å²) in [5.41, 5.74) is 1.54. The van der Waals surface area contributed by atoms with Gasteiger partial charge in [-0.2, -0.15) is 0 Å². The second-order valence-electron chi connectivity index (χ2n) is 7.58. The Kier molecular flexibility index (Phi) is 7.60. The molecule has 0 atom stereocenters. The zero-order chi connectivity index (χ0) is 23.1. The molecule has 5 rings (SSSR count). The summed E-state index contributed by atoms with van der Waals surface area (Å²) in [4.78, 5) is 38.6. The third kappa shape index (κ3) is 6.38. The molecule has 3 aliphatic heterocycles. The molecule has 3 N–H and O–H groups in total. The van der Waals surface area contributed by atoms with Crippen molar-refractivity contribution < 1.29 is 29.3 Å². The molecule has 0 spiro atoms. The van der Waals surface area contributed by atoms with E-state index in [1.807, 2.05) is 37.3 Å². The summed E-state index contributed by atoms with van der Waals surface area (Å²) >= 11 is 1.48. The van der Waals surface area contributed by atoms with Crippen molar-refractivity contribution in [2.24, 2.45) is 0 Å². The number of nitrogens with one attached hydrogen (secondary N) is 1. The number of aromatic nitrogens is 1. The molecule has 3 aliphatic rings.